The first kappa shape index (κ1) is 10.6. The molecule has 82 valence electrons. The van der Waals surface area contributed by atoms with Gasteiger partial charge in [-0.15, -0.1) is 0 Å². The van der Waals surface area contributed by atoms with Gasteiger partial charge in [0.1, 0.15) is 0 Å². The minimum absolute atomic E-state index is 0.148. The van der Waals surface area contributed by atoms with Gasteiger partial charge < -0.3 is 5.73 Å². The normalized spacial score (nSPS) is 25.2. The molecule has 2 unspecified atom stereocenters. The van der Waals surface area contributed by atoms with Crippen LogP contribution in [0.1, 0.15) is 24.8 Å². The largest absolute Gasteiger partial charge is 0.327 e. The van der Waals surface area contributed by atoms with Crippen LogP contribution in [-0.4, -0.2) is 20.2 Å². The maximum atomic E-state index is 11.5. The highest BCUT2D eigenvalue weighted by Gasteiger charge is 2.34. The summed E-state index contributed by atoms with van der Waals surface area (Å²) in [7, 11) is -3.07. The van der Waals surface area contributed by atoms with Gasteiger partial charge in [0, 0.05) is 12.0 Å². The smallest absolute Gasteiger partial charge is 0.178 e. The third-order valence-corrected chi connectivity index (χ3v) is 4.64. The zero-order valence-corrected chi connectivity index (χ0v) is 9.50. The zero-order chi connectivity index (χ0) is 11.1. The Labute approximate surface area is 90.2 Å². The van der Waals surface area contributed by atoms with Gasteiger partial charge in [0.25, 0.3) is 0 Å². The van der Waals surface area contributed by atoms with Gasteiger partial charge in [-0.3, -0.25) is 0 Å². The molecular weight excluding hydrogens is 210 g/mol. The van der Waals surface area contributed by atoms with Crippen molar-refractivity contribution in [3.8, 4) is 0 Å². The van der Waals surface area contributed by atoms with Gasteiger partial charge in [-0.05, 0) is 24.1 Å². The Hall–Kier alpha value is -0.870. The Morgan fingerprint density at radius 2 is 1.87 bits per heavy atom. The molecule has 2 N–H and O–H groups in total. The van der Waals surface area contributed by atoms with E-state index in [0.29, 0.717) is 10.8 Å². The van der Waals surface area contributed by atoms with Crippen LogP contribution in [0.5, 0.6) is 0 Å². The third-order valence-electron chi connectivity index (χ3n) is 2.89. The molecule has 0 aliphatic heterocycles. The number of hydrogen-bond donors (Lipinski definition) is 1. The summed E-state index contributed by atoms with van der Waals surface area (Å²) in [5.41, 5.74) is 6.88. The van der Waals surface area contributed by atoms with E-state index < -0.39 is 9.84 Å². The molecule has 1 aliphatic rings. The Morgan fingerprint density at radius 1 is 1.33 bits per heavy atom. The molecule has 1 fully saturated rings. The van der Waals surface area contributed by atoms with E-state index in [1.807, 2.05) is 12.1 Å². The molecule has 0 saturated heterocycles. The lowest BCUT2D eigenvalue weighted by molar-refractivity contribution is 0.597. The topological polar surface area (TPSA) is 60.2 Å². The molecule has 4 heteroatoms. The molecule has 1 aliphatic carbocycles. The van der Waals surface area contributed by atoms with Crippen LogP contribution in [0, 0.1) is 0 Å². The highest BCUT2D eigenvalue weighted by Crippen LogP contribution is 2.39. The second kappa shape index (κ2) is 3.61. The summed E-state index contributed by atoms with van der Waals surface area (Å²) in [5, 5.41) is 0. The van der Waals surface area contributed by atoms with Crippen LogP contribution < -0.4 is 5.73 Å². The number of hydrogen-bond acceptors (Lipinski definition) is 3. The third kappa shape index (κ3) is 2.06. The minimum atomic E-state index is -3.07. The molecule has 1 saturated carbocycles. The molecule has 1 aromatic carbocycles. The standard InChI is InChI=1S/C11H15NO2S/c1-2-15(13,14)9-5-3-8(4-6-9)10-7-11(10)12/h3-6,10-11H,2,7,12H2,1H3. The Balaban J connectivity index is 2.25. The zero-order valence-electron chi connectivity index (χ0n) is 8.68. The molecule has 3 nitrogen and oxygen atoms in total. The van der Waals surface area contributed by atoms with Gasteiger partial charge in [-0.1, -0.05) is 19.1 Å². The maximum absolute atomic E-state index is 11.5. The summed E-state index contributed by atoms with van der Waals surface area (Å²) in [5.74, 6) is 0.582. The monoisotopic (exact) mass is 225 g/mol. The van der Waals surface area contributed by atoms with Gasteiger partial charge in [-0.2, -0.15) is 0 Å². The van der Waals surface area contributed by atoms with Crippen molar-refractivity contribution in [1.29, 1.82) is 0 Å². The van der Waals surface area contributed by atoms with Gasteiger partial charge >= 0.3 is 0 Å². The summed E-state index contributed by atoms with van der Waals surface area (Å²) < 4.78 is 23.1. The fourth-order valence-corrected chi connectivity index (χ4v) is 2.57. The Morgan fingerprint density at radius 3 is 2.27 bits per heavy atom. The van der Waals surface area contributed by atoms with E-state index in [0.717, 1.165) is 12.0 Å². The van der Waals surface area contributed by atoms with Gasteiger partial charge in [0.15, 0.2) is 9.84 Å². The highest BCUT2D eigenvalue weighted by molar-refractivity contribution is 7.91. The molecule has 15 heavy (non-hydrogen) atoms. The summed E-state index contributed by atoms with van der Waals surface area (Å²) in [6.07, 6.45) is 1.01. The van der Waals surface area contributed by atoms with Crippen LogP contribution in [0.2, 0.25) is 0 Å². The van der Waals surface area contributed by atoms with E-state index in [2.05, 4.69) is 0 Å². The van der Waals surface area contributed by atoms with Crippen molar-refractivity contribution >= 4 is 9.84 Å². The van der Waals surface area contributed by atoms with Crippen molar-refractivity contribution in [2.24, 2.45) is 5.73 Å². The maximum Gasteiger partial charge on any atom is 0.178 e. The average Bonchev–Trinajstić information content (AvgIpc) is 2.96. The minimum Gasteiger partial charge on any atom is -0.327 e. The van der Waals surface area contributed by atoms with Crippen molar-refractivity contribution in [3.63, 3.8) is 0 Å². The van der Waals surface area contributed by atoms with Crippen molar-refractivity contribution in [3.05, 3.63) is 29.8 Å². The van der Waals surface area contributed by atoms with Crippen molar-refractivity contribution in [2.45, 2.75) is 30.2 Å². The molecule has 0 aromatic heterocycles. The van der Waals surface area contributed by atoms with Gasteiger partial charge in [-0.25, -0.2) is 8.42 Å². The van der Waals surface area contributed by atoms with Gasteiger partial charge in [0.05, 0.1) is 10.6 Å². The van der Waals surface area contributed by atoms with Crippen LogP contribution >= 0.6 is 0 Å². The molecule has 0 heterocycles. The summed E-state index contributed by atoms with van der Waals surface area (Å²) >= 11 is 0. The Kier molecular flexibility index (Phi) is 2.56. The molecule has 0 bridgehead atoms. The predicted octanol–water partition coefficient (Wildman–Crippen LogP) is 1.29. The molecule has 0 spiro atoms. The van der Waals surface area contributed by atoms with E-state index in [-0.39, 0.29) is 11.8 Å². The quantitative estimate of drug-likeness (QED) is 0.843. The van der Waals surface area contributed by atoms with Crippen molar-refractivity contribution in [1.82, 2.24) is 0 Å². The number of nitrogens with two attached hydrogens (primary N) is 1. The van der Waals surface area contributed by atoms with Crippen LogP contribution in [0.25, 0.3) is 0 Å². The average molecular weight is 225 g/mol. The first-order chi connectivity index (χ1) is 7.04. The van der Waals surface area contributed by atoms with Crippen molar-refractivity contribution < 1.29 is 8.42 Å². The lowest BCUT2D eigenvalue weighted by Crippen LogP contribution is -2.04. The molecular formula is C11H15NO2S. The molecule has 0 radical (unpaired) electrons. The molecule has 1 aromatic rings. The Bertz CT molecular complexity index is 450. The van der Waals surface area contributed by atoms with Crippen molar-refractivity contribution in [2.75, 3.05) is 5.75 Å². The molecule has 0 amide bonds. The second-order valence-corrected chi connectivity index (χ2v) is 6.26. The summed E-state index contributed by atoms with van der Waals surface area (Å²) in [6.45, 7) is 1.65. The van der Waals surface area contributed by atoms with E-state index in [4.69, 9.17) is 5.73 Å². The van der Waals surface area contributed by atoms with Gasteiger partial charge in [0.2, 0.25) is 0 Å². The summed E-state index contributed by atoms with van der Waals surface area (Å²) in [4.78, 5) is 0.406. The van der Waals surface area contributed by atoms with E-state index in [9.17, 15) is 8.42 Å². The van der Waals surface area contributed by atoms with Crippen LogP contribution in [0.3, 0.4) is 0 Å². The predicted molar refractivity (Wildman–Crippen MR) is 59.5 cm³/mol. The van der Waals surface area contributed by atoms with E-state index in [1.54, 1.807) is 19.1 Å². The van der Waals surface area contributed by atoms with E-state index >= 15 is 0 Å². The number of rotatable bonds is 3. The fraction of sp³-hybridized carbons (Fsp3) is 0.455. The number of benzene rings is 1. The fourth-order valence-electron chi connectivity index (χ4n) is 1.69. The lowest BCUT2D eigenvalue weighted by Gasteiger charge is -2.03. The SMILES string of the molecule is CCS(=O)(=O)c1ccc(C2CC2N)cc1. The second-order valence-electron chi connectivity index (χ2n) is 3.98. The number of sulfone groups is 1. The lowest BCUT2D eigenvalue weighted by atomic mass is 10.1. The van der Waals surface area contributed by atoms with E-state index in [1.165, 1.54) is 0 Å². The molecule has 2 rings (SSSR count). The highest BCUT2D eigenvalue weighted by atomic mass is 32.2. The summed E-state index contributed by atoms with van der Waals surface area (Å²) in [6, 6.07) is 7.37. The molecule has 2 atom stereocenters. The van der Waals surface area contributed by atoms with Crippen LogP contribution in [0.4, 0.5) is 0 Å². The first-order valence-electron chi connectivity index (χ1n) is 5.13. The van der Waals surface area contributed by atoms with Crippen LogP contribution in [-0.2, 0) is 9.84 Å². The first-order valence-corrected chi connectivity index (χ1v) is 6.78. The van der Waals surface area contributed by atoms with Crippen LogP contribution in [0.15, 0.2) is 29.2 Å².